The first-order chi connectivity index (χ1) is 8.98. The van der Waals surface area contributed by atoms with E-state index in [2.05, 4.69) is 4.98 Å². The second-order valence-electron chi connectivity index (χ2n) is 5.33. The third-order valence-electron chi connectivity index (χ3n) is 4.20. The van der Waals surface area contributed by atoms with Crippen LogP contribution in [0.25, 0.3) is 0 Å². The van der Waals surface area contributed by atoms with Gasteiger partial charge in [-0.2, -0.15) is 4.31 Å². The molecule has 1 aromatic heterocycles. The molecule has 2 heterocycles. The number of pyridine rings is 1. The van der Waals surface area contributed by atoms with Crippen LogP contribution in [0.2, 0.25) is 0 Å². The Morgan fingerprint density at radius 1 is 1.32 bits per heavy atom. The molecule has 3 atom stereocenters. The molecule has 19 heavy (non-hydrogen) atoms. The molecule has 104 valence electrons. The monoisotopic (exact) mass is 285 g/mol. The Morgan fingerprint density at radius 2 is 2.11 bits per heavy atom. The molecule has 2 fully saturated rings. The highest BCUT2D eigenvalue weighted by atomic mass is 32.2. The lowest BCUT2D eigenvalue weighted by Gasteiger charge is -2.18. The van der Waals surface area contributed by atoms with Crippen molar-refractivity contribution in [3.8, 4) is 0 Å². The van der Waals surface area contributed by atoms with Crippen molar-refractivity contribution in [2.75, 3.05) is 13.1 Å². The van der Waals surface area contributed by atoms with Gasteiger partial charge < -0.3 is 5.73 Å². The van der Waals surface area contributed by atoms with E-state index in [-0.39, 0.29) is 16.9 Å². The van der Waals surface area contributed by atoms with Gasteiger partial charge in [0.05, 0.1) is 6.20 Å². The van der Waals surface area contributed by atoms with Crippen molar-refractivity contribution in [1.29, 1.82) is 0 Å². The minimum atomic E-state index is -3.65. The number of aromatic nitrogens is 1. The molecule has 1 saturated heterocycles. The van der Waals surface area contributed by atoms with Crippen molar-refractivity contribution in [2.45, 2.75) is 23.8 Å². The van der Waals surface area contributed by atoms with Crippen molar-refractivity contribution in [2.24, 2.45) is 17.6 Å². The molecule has 1 aliphatic carbocycles. The zero-order valence-corrected chi connectivity index (χ0v) is 11.2. The number of hydrogen-bond acceptors (Lipinski definition) is 4. The van der Waals surface area contributed by atoms with Crippen LogP contribution >= 0.6 is 0 Å². The van der Waals surface area contributed by atoms with Crippen LogP contribution < -0.4 is 5.73 Å². The van der Waals surface area contributed by atoms with Crippen LogP contribution in [0.5, 0.6) is 0 Å². The number of halogens is 1. The Morgan fingerprint density at radius 3 is 2.79 bits per heavy atom. The van der Waals surface area contributed by atoms with Crippen LogP contribution in [0.15, 0.2) is 23.4 Å². The first-order valence-corrected chi connectivity index (χ1v) is 7.79. The predicted octanol–water partition coefficient (Wildman–Crippen LogP) is 0.578. The second kappa shape index (κ2) is 4.50. The van der Waals surface area contributed by atoms with Crippen molar-refractivity contribution >= 4 is 10.0 Å². The van der Waals surface area contributed by atoms with E-state index in [0.29, 0.717) is 19.0 Å². The zero-order chi connectivity index (χ0) is 13.6. The van der Waals surface area contributed by atoms with Gasteiger partial charge in [-0.05, 0) is 30.7 Å². The molecule has 7 heteroatoms. The number of rotatable bonds is 2. The van der Waals surface area contributed by atoms with Crippen molar-refractivity contribution < 1.29 is 12.8 Å². The topological polar surface area (TPSA) is 76.3 Å². The van der Waals surface area contributed by atoms with Gasteiger partial charge in [-0.3, -0.25) is 4.98 Å². The number of hydrogen-bond donors (Lipinski definition) is 1. The van der Waals surface area contributed by atoms with E-state index in [9.17, 15) is 12.8 Å². The van der Waals surface area contributed by atoms with E-state index in [1.54, 1.807) is 0 Å². The Labute approximate surface area is 111 Å². The summed E-state index contributed by atoms with van der Waals surface area (Å²) >= 11 is 0. The molecule has 0 radical (unpaired) electrons. The number of nitrogens with two attached hydrogens (primary N) is 1. The Hall–Kier alpha value is -1.05. The summed E-state index contributed by atoms with van der Waals surface area (Å²) in [7, 11) is -3.65. The first-order valence-electron chi connectivity index (χ1n) is 6.35. The van der Waals surface area contributed by atoms with E-state index >= 15 is 0 Å². The van der Waals surface area contributed by atoms with E-state index in [1.165, 1.54) is 10.5 Å². The maximum Gasteiger partial charge on any atom is 0.244 e. The van der Waals surface area contributed by atoms with Crippen molar-refractivity contribution in [3.05, 3.63) is 24.3 Å². The molecule has 5 nitrogen and oxygen atoms in total. The summed E-state index contributed by atoms with van der Waals surface area (Å²) in [6, 6.07) is 1.09. The molecule has 0 spiro atoms. The summed E-state index contributed by atoms with van der Waals surface area (Å²) in [6.45, 7) is 0.919. The average Bonchev–Trinajstić information content (AvgIpc) is 2.92. The summed E-state index contributed by atoms with van der Waals surface area (Å²) in [5.74, 6) is -0.0697. The Bertz CT molecular complexity index is 592. The first kappa shape index (κ1) is 13.0. The quantitative estimate of drug-likeness (QED) is 0.862. The van der Waals surface area contributed by atoms with Gasteiger partial charge in [-0.1, -0.05) is 0 Å². The molecule has 0 aromatic carbocycles. The molecule has 0 bridgehead atoms. The molecule has 3 rings (SSSR count). The Balaban J connectivity index is 1.87. The van der Waals surface area contributed by atoms with Crippen molar-refractivity contribution in [1.82, 2.24) is 9.29 Å². The maximum absolute atomic E-state index is 13.1. The van der Waals surface area contributed by atoms with Crippen molar-refractivity contribution in [3.63, 3.8) is 0 Å². The highest BCUT2D eigenvalue weighted by molar-refractivity contribution is 7.89. The standard InChI is InChI=1S/C12H16FN3O2S/c13-9-3-10(5-15-4-9)19(17,18)16-6-8-1-2-12(14)11(8)7-16/h3-5,8,11-12H,1-2,6-7,14H2. The average molecular weight is 285 g/mol. The fraction of sp³-hybridized carbons (Fsp3) is 0.583. The molecule has 0 amide bonds. The number of fused-ring (bicyclic) bond motifs is 1. The lowest BCUT2D eigenvalue weighted by atomic mass is 9.98. The lowest BCUT2D eigenvalue weighted by Crippen LogP contribution is -2.33. The van der Waals surface area contributed by atoms with Crippen LogP contribution in [-0.4, -0.2) is 36.8 Å². The second-order valence-corrected chi connectivity index (χ2v) is 7.26. The molecule has 3 unspecified atom stereocenters. The number of sulfonamides is 1. The molecule has 2 aliphatic rings. The lowest BCUT2D eigenvalue weighted by molar-refractivity contribution is 0.426. The van der Waals surface area contributed by atoms with Gasteiger partial charge in [0.15, 0.2) is 0 Å². The highest BCUT2D eigenvalue weighted by Gasteiger charge is 2.45. The minimum absolute atomic E-state index is 0.0795. The molecular weight excluding hydrogens is 269 g/mol. The van der Waals surface area contributed by atoms with E-state index in [0.717, 1.165) is 25.1 Å². The van der Waals surface area contributed by atoms with Gasteiger partial charge >= 0.3 is 0 Å². The fourth-order valence-corrected chi connectivity index (χ4v) is 4.66. The van der Waals surface area contributed by atoms with Crippen LogP contribution in [0, 0.1) is 17.7 Å². The van der Waals surface area contributed by atoms with E-state index in [1.807, 2.05) is 0 Å². The third-order valence-corrected chi connectivity index (χ3v) is 5.99. The number of nitrogens with zero attached hydrogens (tertiary/aromatic N) is 2. The van der Waals surface area contributed by atoms with Crippen LogP contribution in [0.1, 0.15) is 12.8 Å². The largest absolute Gasteiger partial charge is 0.327 e. The van der Waals surface area contributed by atoms with Crippen LogP contribution in [0.3, 0.4) is 0 Å². The summed E-state index contributed by atoms with van der Waals surface area (Å²) < 4.78 is 39.3. The van der Waals surface area contributed by atoms with Crippen LogP contribution in [0.4, 0.5) is 4.39 Å². The Kier molecular flexibility index (Phi) is 3.07. The highest BCUT2D eigenvalue weighted by Crippen LogP contribution is 2.39. The molecule has 2 N–H and O–H groups in total. The smallest absolute Gasteiger partial charge is 0.244 e. The SMILES string of the molecule is NC1CCC2CN(S(=O)(=O)c3cncc(F)c3)CC12. The van der Waals surface area contributed by atoms with Gasteiger partial charge in [0.2, 0.25) is 10.0 Å². The van der Waals surface area contributed by atoms with Gasteiger partial charge in [-0.25, -0.2) is 12.8 Å². The third kappa shape index (κ3) is 2.15. The van der Waals surface area contributed by atoms with Gasteiger partial charge in [-0.15, -0.1) is 0 Å². The molecular formula is C12H16FN3O2S. The van der Waals surface area contributed by atoms with Gasteiger partial charge in [0, 0.05) is 25.3 Å². The predicted molar refractivity (Wildman–Crippen MR) is 67.1 cm³/mol. The fourth-order valence-electron chi connectivity index (χ4n) is 3.15. The van der Waals surface area contributed by atoms with Gasteiger partial charge in [0.1, 0.15) is 10.7 Å². The molecule has 1 aliphatic heterocycles. The zero-order valence-electron chi connectivity index (χ0n) is 10.4. The minimum Gasteiger partial charge on any atom is -0.327 e. The summed E-state index contributed by atoms with van der Waals surface area (Å²) in [5, 5.41) is 0. The summed E-state index contributed by atoms with van der Waals surface area (Å²) in [5.41, 5.74) is 5.99. The molecule has 1 saturated carbocycles. The maximum atomic E-state index is 13.1. The van der Waals surface area contributed by atoms with E-state index in [4.69, 9.17) is 5.73 Å². The molecule has 1 aromatic rings. The van der Waals surface area contributed by atoms with Crippen LogP contribution in [-0.2, 0) is 10.0 Å². The summed E-state index contributed by atoms with van der Waals surface area (Å²) in [6.07, 6.45) is 4.12. The van der Waals surface area contributed by atoms with E-state index < -0.39 is 15.8 Å². The summed E-state index contributed by atoms with van der Waals surface area (Å²) in [4.78, 5) is 3.52. The normalized spacial score (nSPS) is 31.6. The van der Waals surface area contributed by atoms with Gasteiger partial charge in [0.25, 0.3) is 0 Å².